The second-order valence-corrected chi connectivity index (χ2v) is 8.56. The Hall–Kier alpha value is -3.58. The number of benzene rings is 3. The molecule has 6 nitrogen and oxygen atoms in total. The molecule has 0 atom stereocenters. The Kier molecular flexibility index (Phi) is 7.10. The number of nitrogens with zero attached hydrogens (tertiary/aromatic N) is 2. The quantitative estimate of drug-likeness (QED) is 0.242. The average Bonchev–Trinajstić information content (AvgIpc) is 2.83. The minimum Gasteiger partial charge on any atom is -0.492 e. The number of hydrogen-bond acceptors (Lipinski definition) is 5. The largest absolute Gasteiger partial charge is 0.492 e. The second kappa shape index (κ2) is 10.4. The van der Waals surface area contributed by atoms with Crippen molar-refractivity contribution in [1.29, 1.82) is 0 Å². The van der Waals surface area contributed by atoms with Crippen LogP contribution in [-0.2, 0) is 4.79 Å². The summed E-state index contributed by atoms with van der Waals surface area (Å²) in [5.74, 6) is 0.755. The summed E-state index contributed by atoms with van der Waals surface area (Å²) in [5.41, 5.74) is 3.43. The predicted octanol–water partition coefficient (Wildman–Crippen LogP) is 4.29. The summed E-state index contributed by atoms with van der Waals surface area (Å²) < 4.78 is 7.19. The molecule has 1 heterocycles. The molecule has 0 spiro atoms. The fraction of sp³-hybridized carbons (Fsp3) is 0.192. The molecule has 1 N–H and O–H groups in total. The van der Waals surface area contributed by atoms with Crippen LogP contribution in [0.25, 0.3) is 16.6 Å². The molecule has 1 amide bonds. The Bertz CT molecular complexity index is 1340. The van der Waals surface area contributed by atoms with Gasteiger partial charge in [0.25, 0.3) is 5.56 Å². The first-order valence-electron chi connectivity index (χ1n) is 10.7. The molecule has 168 valence electrons. The van der Waals surface area contributed by atoms with Gasteiger partial charge in [0, 0.05) is 0 Å². The molecule has 0 saturated carbocycles. The van der Waals surface area contributed by atoms with E-state index in [0.29, 0.717) is 29.2 Å². The number of carbonyl (C=O) groups excluding carboxylic acids is 1. The minimum atomic E-state index is -0.150. The molecule has 4 aromatic rings. The number of fused-ring (bicyclic) bond motifs is 1. The lowest BCUT2D eigenvalue weighted by Crippen LogP contribution is -2.30. The van der Waals surface area contributed by atoms with Gasteiger partial charge in [-0.2, -0.15) is 0 Å². The van der Waals surface area contributed by atoms with E-state index in [1.807, 2.05) is 80.6 Å². The number of thioether (sulfide) groups is 1. The van der Waals surface area contributed by atoms with Crippen molar-refractivity contribution in [3.63, 3.8) is 0 Å². The molecule has 0 aliphatic carbocycles. The summed E-state index contributed by atoms with van der Waals surface area (Å²) in [5, 5.41) is 3.88. The Morgan fingerprint density at radius 1 is 1.00 bits per heavy atom. The third-order valence-electron chi connectivity index (χ3n) is 5.26. The van der Waals surface area contributed by atoms with Gasteiger partial charge in [0.15, 0.2) is 5.16 Å². The van der Waals surface area contributed by atoms with Gasteiger partial charge in [-0.15, -0.1) is 0 Å². The van der Waals surface area contributed by atoms with E-state index in [1.165, 1.54) is 11.8 Å². The molecule has 0 fully saturated rings. The van der Waals surface area contributed by atoms with Crippen molar-refractivity contribution in [2.24, 2.45) is 0 Å². The van der Waals surface area contributed by atoms with Gasteiger partial charge in [0.1, 0.15) is 12.4 Å². The average molecular weight is 460 g/mol. The predicted molar refractivity (Wildman–Crippen MR) is 132 cm³/mol. The normalized spacial score (nSPS) is 10.8. The van der Waals surface area contributed by atoms with Crippen molar-refractivity contribution in [3.8, 4) is 11.4 Å². The van der Waals surface area contributed by atoms with Crippen LogP contribution in [0, 0.1) is 13.8 Å². The van der Waals surface area contributed by atoms with Crippen LogP contribution in [0.4, 0.5) is 0 Å². The van der Waals surface area contributed by atoms with Crippen LogP contribution in [0.2, 0.25) is 0 Å². The zero-order chi connectivity index (χ0) is 23.2. The summed E-state index contributed by atoms with van der Waals surface area (Å²) in [6, 6.07) is 22.6. The zero-order valence-electron chi connectivity index (χ0n) is 18.6. The van der Waals surface area contributed by atoms with E-state index in [9.17, 15) is 9.59 Å². The first kappa shape index (κ1) is 22.6. The fourth-order valence-electron chi connectivity index (χ4n) is 3.36. The zero-order valence-corrected chi connectivity index (χ0v) is 19.4. The molecule has 7 heteroatoms. The topological polar surface area (TPSA) is 73.2 Å². The van der Waals surface area contributed by atoms with Crippen LogP contribution in [0.15, 0.2) is 82.7 Å². The molecule has 0 saturated heterocycles. The first-order valence-corrected chi connectivity index (χ1v) is 11.7. The molecule has 0 unspecified atom stereocenters. The van der Waals surface area contributed by atoms with Crippen LogP contribution < -0.4 is 15.6 Å². The van der Waals surface area contributed by atoms with E-state index in [4.69, 9.17) is 9.72 Å². The van der Waals surface area contributed by atoms with Crippen molar-refractivity contribution in [2.75, 3.05) is 18.9 Å². The van der Waals surface area contributed by atoms with E-state index in [2.05, 4.69) is 5.32 Å². The number of nitrogens with one attached hydrogen (secondary N) is 1. The van der Waals surface area contributed by atoms with Crippen molar-refractivity contribution >= 4 is 28.6 Å². The van der Waals surface area contributed by atoms with Gasteiger partial charge in [0.2, 0.25) is 5.91 Å². The van der Waals surface area contributed by atoms with E-state index in [0.717, 1.165) is 22.6 Å². The molecule has 4 rings (SSSR count). The Morgan fingerprint density at radius 3 is 2.55 bits per heavy atom. The van der Waals surface area contributed by atoms with Crippen molar-refractivity contribution in [2.45, 2.75) is 19.0 Å². The third kappa shape index (κ3) is 5.43. The maximum absolute atomic E-state index is 13.3. The van der Waals surface area contributed by atoms with Crippen LogP contribution in [0.1, 0.15) is 11.1 Å². The number of rotatable bonds is 8. The summed E-state index contributed by atoms with van der Waals surface area (Å²) in [4.78, 5) is 30.4. The van der Waals surface area contributed by atoms with Crippen LogP contribution in [0.3, 0.4) is 0 Å². The smallest absolute Gasteiger partial charge is 0.266 e. The molecule has 0 bridgehead atoms. The second-order valence-electron chi connectivity index (χ2n) is 7.62. The highest BCUT2D eigenvalue weighted by Gasteiger charge is 2.15. The summed E-state index contributed by atoms with van der Waals surface area (Å²) in [6.07, 6.45) is 0. The van der Waals surface area contributed by atoms with Crippen molar-refractivity contribution < 1.29 is 9.53 Å². The van der Waals surface area contributed by atoms with Crippen LogP contribution >= 0.6 is 11.8 Å². The van der Waals surface area contributed by atoms with E-state index in [-0.39, 0.29) is 17.2 Å². The lowest BCUT2D eigenvalue weighted by atomic mass is 10.1. The van der Waals surface area contributed by atoms with Gasteiger partial charge in [0.05, 0.1) is 28.9 Å². The number of aromatic nitrogens is 2. The Labute approximate surface area is 196 Å². The molecule has 0 radical (unpaired) electrons. The minimum absolute atomic E-state index is 0.140. The first-order chi connectivity index (χ1) is 16.0. The van der Waals surface area contributed by atoms with Crippen LogP contribution in [0.5, 0.6) is 5.75 Å². The molecule has 33 heavy (non-hydrogen) atoms. The fourth-order valence-corrected chi connectivity index (χ4v) is 4.20. The third-order valence-corrected chi connectivity index (χ3v) is 6.20. The lowest BCUT2D eigenvalue weighted by molar-refractivity contribution is -0.118. The Balaban J connectivity index is 1.50. The summed E-state index contributed by atoms with van der Waals surface area (Å²) >= 11 is 1.24. The number of amides is 1. The number of ether oxygens (including phenoxy) is 1. The highest BCUT2D eigenvalue weighted by atomic mass is 32.2. The SMILES string of the molecule is Cc1ccc(-n2c(SCC(=O)NCCOc3ccccc3)nc3ccccc3c2=O)cc1C. The maximum atomic E-state index is 13.3. The Morgan fingerprint density at radius 2 is 1.76 bits per heavy atom. The highest BCUT2D eigenvalue weighted by molar-refractivity contribution is 7.99. The highest BCUT2D eigenvalue weighted by Crippen LogP contribution is 2.22. The number of aryl methyl sites for hydroxylation is 2. The molecule has 0 aliphatic heterocycles. The summed E-state index contributed by atoms with van der Waals surface area (Å²) in [7, 11) is 0. The van der Waals surface area contributed by atoms with Gasteiger partial charge < -0.3 is 10.1 Å². The number of carbonyl (C=O) groups is 1. The van der Waals surface area contributed by atoms with Gasteiger partial charge in [-0.3, -0.25) is 14.2 Å². The monoisotopic (exact) mass is 459 g/mol. The van der Waals surface area contributed by atoms with E-state index in [1.54, 1.807) is 10.6 Å². The molecule has 0 aliphatic rings. The summed E-state index contributed by atoms with van der Waals surface area (Å²) in [6.45, 7) is 4.81. The van der Waals surface area contributed by atoms with Crippen LogP contribution in [-0.4, -0.2) is 34.4 Å². The molecular formula is C26H25N3O3S. The maximum Gasteiger partial charge on any atom is 0.266 e. The molecule has 3 aromatic carbocycles. The van der Waals surface area contributed by atoms with Gasteiger partial charge in [-0.25, -0.2) is 4.98 Å². The van der Waals surface area contributed by atoms with E-state index >= 15 is 0 Å². The van der Waals surface area contributed by atoms with Gasteiger partial charge >= 0.3 is 0 Å². The van der Waals surface area contributed by atoms with Crippen molar-refractivity contribution in [1.82, 2.24) is 14.9 Å². The van der Waals surface area contributed by atoms with Gasteiger partial charge in [-0.1, -0.05) is 48.2 Å². The number of hydrogen-bond donors (Lipinski definition) is 1. The van der Waals surface area contributed by atoms with Crippen molar-refractivity contribution in [3.05, 3.63) is 94.3 Å². The van der Waals surface area contributed by atoms with E-state index < -0.39 is 0 Å². The molecule has 1 aromatic heterocycles. The molecular weight excluding hydrogens is 434 g/mol. The van der Waals surface area contributed by atoms with Gasteiger partial charge in [-0.05, 0) is 61.4 Å². The number of para-hydroxylation sites is 2. The lowest BCUT2D eigenvalue weighted by Gasteiger charge is -2.14. The standard InChI is InChI=1S/C26H25N3O3S/c1-18-12-13-20(16-19(18)2)29-25(31)22-10-6-7-11-23(22)28-26(29)33-17-24(30)27-14-15-32-21-8-4-3-5-9-21/h3-13,16H,14-15,17H2,1-2H3,(H,27,30).